The summed E-state index contributed by atoms with van der Waals surface area (Å²) in [5, 5.41) is 13.1. The summed E-state index contributed by atoms with van der Waals surface area (Å²) in [5.41, 5.74) is 4.75. The normalized spacial score (nSPS) is 17.7. The van der Waals surface area contributed by atoms with Gasteiger partial charge in [0, 0.05) is 22.4 Å². The number of anilines is 1. The molecule has 0 bridgehead atoms. The number of imidazole rings is 1. The van der Waals surface area contributed by atoms with Crippen LogP contribution in [0.15, 0.2) is 72.8 Å². The van der Waals surface area contributed by atoms with Crippen molar-refractivity contribution in [2.75, 3.05) is 5.32 Å². The van der Waals surface area contributed by atoms with E-state index in [9.17, 15) is 9.59 Å². The van der Waals surface area contributed by atoms with Crippen LogP contribution in [-0.2, 0) is 4.79 Å². The summed E-state index contributed by atoms with van der Waals surface area (Å²) in [6.07, 6.45) is 4.32. The minimum absolute atomic E-state index is 0.118. The van der Waals surface area contributed by atoms with Crippen molar-refractivity contribution in [3.05, 3.63) is 83.2 Å². The molecule has 7 heteroatoms. The molecule has 186 valence electrons. The SMILES string of the molecule is O=C(O)CC1CCC(c2ccc(-c3nc4ccc(NC(=O)c5cc6ccccc6s5)cc4[nH]3)cc2)CC1. The van der Waals surface area contributed by atoms with E-state index in [0.29, 0.717) is 16.7 Å². The number of carboxylic acids is 1. The van der Waals surface area contributed by atoms with Crippen molar-refractivity contribution in [1.82, 2.24) is 9.97 Å². The summed E-state index contributed by atoms with van der Waals surface area (Å²) in [5.74, 6) is 0.780. The lowest BCUT2D eigenvalue weighted by atomic mass is 9.77. The quantitative estimate of drug-likeness (QED) is 0.222. The number of hydrogen-bond donors (Lipinski definition) is 3. The molecule has 2 heterocycles. The molecule has 1 amide bonds. The van der Waals surface area contributed by atoms with Gasteiger partial charge in [0.2, 0.25) is 0 Å². The topological polar surface area (TPSA) is 95.1 Å². The average Bonchev–Trinajstić information content (AvgIpc) is 3.53. The Hall–Kier alpha value is -3.97. The van der Waals surface area contributed by atoms with E-state index < -0.39 is 5.97 Å². The molecule has 0 saturated heterocycles. The Bertz CT molecular complexity index is 1560. The molecule has 37 heavy (non-hydrogen) atoms. The van der Waals surface area contributed by atoms with E-state index in [1.807, 2.05) is 48.5 Å². The molecule has 3 aromatic carbocycles. The minimum atomic E-state index is -0.690. The lowest BCUT2D eigenvalue weighted by Crippen LogP contribution is -2.16. The van der Waals surface area contributed by atoms with E-state index in [2.05, 4.69) is 34.6 Å². The molecule has 1 aliphatic rings. The van der Waals surface area contributed by atoms with Gasteiger partial charge in [-0.1, -0.05) is 42.5 Å². The molecule has 1 saturated carbocycles. The highest BCUT2D eigenvalue weighted by Gasteiger charge is 2.24. The fourth-order valence-corrected chi connectivity index (χ4v) is 6.33. The molecule has 2 aromatic heterocycles. The number of rotatable bonds is 6. The van der Waals surface area contributed by atoms with Gasteiger partial charge in [-0.25, -0.2) is 4.98 Å². The van der Waals surface area contributed by atoms with Gasteiger partial charge in [-0.2, -0.15) is 0 Å². The van der Waals surface area contributed by atoms with Gasteiger partial charge in [-0.05, 0) is 78.8 Å². The number of carbonyl (C=O) groups is 2. The van der Waals surface area contributed by atoms with Crippen LogP contribution < -0.4 is 5.32 Å². The predicted octanol–water partition coefficient (Wildman–Crippen LogP) is 7.45. The smallest absolute Gasteiger partial charge is 0.303 e. The van der Waals surface area contributed by atoms with E-state index in [1.165, 1.54) is 16.9 Å². The second-order valence-corrected chi connectivity index (χ2v) is 10.9. The zero-order valence-corrected chi connectivity index (χ0v) is 21.1. The van der Waals surface area contributed by atoms with E-state index in [4.69, 9.17) is 10.1 Å². The largest absolute Gasteiger partial charge is 0.481 e. The molecule has 0 atom stereocenters. The summed E-state index contributed by atoms with van der Waals surface area (Å²) >= 11 is 1.49. The number of aliphatic carboxylic acids is 1. The van der Waals surface area contributed by atoms with Crippen molar-refractivity contribution in [2.24, 2.45) is 5.92 Å². The number of H-pyrrole nitrogens is 1. The van der Waals surface area contributed by atoms with E-state index >= 15 is 0 Å². The first-order chi connectivity index (χ1) is 18.0. The Balaban J connectivity index is 1.14. The first-order valence-electron chi connectivity index (χ1n) is 12.6. The number of benzene rings is 3. The number of carboxylic acid groups (broad SMARTS) is 1. The highest BCUT2D eigenvalue weighted by atomic mass is 32.1. The van der Waals surface area contributed by atoms with Crippen molar-refractivity contribution >= 4 is 50.0 Å². The van der Waals surface area contributed by atoms with Crippen LogP contribution in [0, 0.1) is 5.92 Å². The molecule has 3 N–H and O–H groups in total. The van der Waals surface area contributed by atoms with Crippen LogP contribution in [0.1, 0.15) is 53.3 Å². The van der Waals surface area contributed by atoms with Crippen molar-refractivity contribution < 1.29 is 14.7 Å². The van der Waals surface area contributed by atoms with Gasteiger partial charge in [-0.3, -0.25) is 9.59 Å². The third-order valence-corrected chi connectivity index (χ3v) is 8.47. The maximum atomic E-state index is 12.8. The monoisotopic (exact) mass is 509 g/mol. The zero-order chi connectivity index (χ0) is 25.4. The third kappa shape index (κ3) is 5.00. The fourth-order valence-electron chi connectivity index (χ4n) is 5.37. The van der Waals surface area contributed by atoms with Gasteiger partial charge in [0.15, 0.2) is 0 Å². The number of amides is 1. The Morgan fingerprint density at radius 3 is 2.51 bits per heavy atom. The van der Waals surface area contributed by atoms with Gasteiger partial charge in [0.05, 0.1) is 15.9 Å². The molecule has 1 fully saturated rings. The predicted molar refractivity (Wildman–Crippen MR) is 148 cm³/mol. The van der Waals surface area contributed by atoms with Crippen molar-refractivity contribution in [2.45, 2.75) is 38.0 Å². The molecule has 6 nitrogen and oxygen atoms in total. The van der Waals surface area contributed by atoms with Crippen molar-refractivity contribution in [3.8, 4) is 11.4 Å². The standard InChI is InChI=1S/C30H27N3O3S/c34-28(35)15-18-5-7-19(8-6-18)20-9-11-21(12-10-20)29-32-24-14-13-23(17-25(24)33-29)31-30(36)27-16-22-3-1-2-4-26(22)37-27/h1-4,9-14,16-19H,5-8,15H2,(H,31,36)(H,32,33)(H,34,35). The Morgan fingerprint density at radius 2 is 1.76 bits per heavy atom. The van der Waals surface area contributed by atoms with Gasteiger partial charge in [-0.15, -0.1) is 11.3 Å². The molecule has 0 aliphatic heterocycles. The first kappa shape index (κ1) is 23.4. The third-order valence-electron chi connectivity index (χ3n) is 7.35. The van der Waals surface area contributed by atoms with Gasteiger partial charge >= 0.3 is 5.97 Å². The Labute approximate surface area is 218 Å². The number of nitrogens with zero attached hydrogens (tertiary/aromatic N) is 1. The average molecular weight is 510 g/mol. The summed E-state index contributed by atoms with van der Waals surface area (Å²) in [4.78, 5) is 32.6. The summed E-state index contributed by atoms with van der Waals surface area (Å²) in [7, 11) is 0. The molecular weight excluding hydrogens is 482 g/mol. The van der Waals surface area contributed by atoms with Gasteiger partial charge in [0.1, 0.15) is 5.82 Å². The van der Waals surface area contributed by atoms with Crippen LogP contribution in [0.4, 0.5) is 5.69 Å². The molecule has 6 rings (SSSR count). The Kier molecular flexibility index (Phi) is 6.22. The van der Waals surface area contributed by atoms with E-state index in [1.54, 1.807) is 0 Å². The van der Waals surface area contributed by atoms with Gasteiger partial charge in [0.25, 0.3) is 5.91 Å². The Morgan fingerprint density at radius 1 is 0.973 bits per heavy atom. The van der Waals surface area contributed by atoms with Crippen LogP contribution >= 0.6 is 11.3 Å². The number of aromatic nitrogens is 2. The second kappa shape index (κ2) is 9.82. The summed E-state index contributed by atoms with van der Waals surface area (Å²) in [6.45, 7) is 0. The maximum absolute atomic E-state index is 12.8. The highest BCUT2D eigenvalue weighted by molar-refractivity contribution is 7.20. The lowest BCUT2D eigenvalue weighted by molar-refractivity contribution is -0.138. The van der Waals surface area contributed by atoms with E-state index in [0.717, 1.165) is 63.9 Å². The van der Waals surface area contributed by atoms with Crippen LogP contribution in [0.2, 0.25) is 0 Å². The summed E-state index contributed by atoms with van der Waals surface area (Å²) in [6, 6.07) is 24.2. The number of carbonyl (C=O) groups excluding carboxylic acids is 1. The van der Waals surface area contributed by atoms with Crippen LogP contribution in [0.5, 0.6) is 0 Å². The molecule has 0 spiro atoms. The van der Waals surface area contributed by atoms with Crippen LogP contribution in [0.3, 0.4) is 0 Å². The molecule has 5 aromatic rings. The number of aromatic amines is 1. The number of fused-ring (bicyclic) bond motifs is 2. The van der Waals surface area contributed by atoms with Crippen molar-refractivity contribution in [3.63, 3.8) is 0 Å². The molecule has 0 unspecified atom stereocenters. The summed E-state index contributed by atoms with van der Waals surface area (Å²) < 4.78 is 1.10. The van der Waals surface area contributed by atoms with Crippen LogP contribution in [-0.4, -0.2) is 27.0 Å². The van der Waals surface area contributed by atoms with Gasteiger partial charge < -0.3 is 15.4 Å². The second-order valence-electron chi connectivity index (χ2n) is 9.86. The zero-order valence-electron chi connectivity index (χ0n) is 20.2. The van der Waals surface area contributed by atoms with E-state index in [-0.39, 0.29) is 12.3 Å². The first-order valence-corrected chi connectivity index (χ1v) is 13.5. The number of nitrogens with one attached hydrogen (secondary N) is 2. The fraction of sp³-hybridized carbons (Fsp3) is 0.233. The molecular formula is C30H27N3O3S. The maximum Gasteiger partial charge on any atom is 0.303 e. The van der Waals surface area contributed by atoms with Crippen LogP contribution in [0.25, 0.3) is 32.5 Å². The molecule has 0 radical (unpaired) electrons. The number of hydrogen-bond acceptors (Lipinski definition) is 4. The minimum Gasteiger partial charge on any atom is -0.481 e. The number of thiophene rings is 1. The van der Waals surface area contributed by atoms with Crippen molar-refractivity contribution in [1.29, 1.82) is 0 Å². The molecule has 1 aliphatic carbocycles. The lowest BCUT2D eigenvalue weighted by Gasteiger charge is -2.28. The highest BCUT2D eigenvalue weighted by Crippen LogP contribution is 2.37.